The van der Waals surface area contributed by atoms with E-state index in [0.29, 0.717) is 0 Å². The number of allylic oxidation sites excluding steroid dienone is 2. The molecular formula is C16H20O2. The monoisotopic (exact) mass is 244 g/mol. The number of esters is 1. The zero-order valence-corrected chi connectivity index (χ0v) is 11.4. The maximum absolute atomic E-state index is 11.5. The van der Waals surface area contributed by atoms with Gasteiger partial charge < -0.3 is 4.74 Å². The van der Waals surface area contributed by atoms with Crippen LogP contribution in [0.4, 0.5) is 0 Å². The van der Waals surface area contributed by atoms with Gasteiger partial charge in [-0.25, -0.2) is 4.79 Å². The van der Waals surface area contributed by atoms with E-state index in [4.69, 9.17) is 4.74 Å². The van der Waals surface area contributed by atoms with E-state index in [1.54, 1.807) is 0 Å². The number of hydrogen-bond acceptors (Lipinski definition) is 2. The Bertz CT molecular complexity index is 448. The molecule has 0 N–H and O–H groups in total. The van der Waals surface area contributed by atoms with Crippen molar-refractivity contribution in [2.75, 3.05) is 0 Å². The van der Waals surface area contributed by atoms with Gasteiger partial charge in [0.2, 0.25) is 0 Å². The number of carbonyl (C=O) groups excluding carboxylic acids is 1. The van der Waals surface area contributed by atoms with Crippen molar-refractivity contribution in [2.24, 2.45) is 0 Å². The van der Waals surface area contributed by atoms with Crippen molar-refractivity contribution in [2.45, 2.75) is 33.3 Å². The topological polar surface area (TPSA) is 26.3 Å². The summed E-state index contributed by atoms with van der Waals surface area (Å²) in [7, 11) is 0. The van der Waals surface area contributed by atoms with Crippen molar-refractivity contribution in [1.29, 1.82) is 0 Å². The Morgan fingerprint density at radius 1 is 1.17 bits per heavy atom. The maximum Gasteiger partial charge on any atom is 0.331 e. The van der Waals surface area contributed by atoms with Crippen molar-refractivity contribution in [3.05, 3.63) is 53.6 Å². The van der Waals surface area contributed by atoms with Crippen LogP contribution in [0.1, 0.15) is 33.3 Å². The summed E-state index contributed by atoms with van der Waals surface area (Å²) in [5.74, 6) is -0.308. The fourth-order valence-corrected chi connectivity index (χ4v) is 1.36. The molecule has 0 aliphatic rings. The molecule has 0 radical (unpaired) electrons. The van der Waals surface area contributed by atoms with Crippen molar-refractivity contribution in [3.8, 4) is 0 Å². The van der Waals surface area contributed by atoms with E-state index in [1.807, 2.05) is 70.2 Å². The smallest absolute Gasteiger partial charge is 0.331 e. The molecule has 0 aliphatic carbocycles. The molecule has 0 heterocycles. The fraction of sp³-hybridized carbons (Fsp3) is 0.312. The van der Waals surface area contributed by atoms with Gasteiger partial charge in [-0.3, -0.25) is 0 Å². The van der Waals surface area contributed by atoms with Crippen molar-refractivity contribution in [3.63, 3.8) is 0 Å². The number of rotatable bonds is 3. The van der Waals surface area contributed by atoms with Gasteiger partial charge in [0.05, 0.1) is 0 Å². The quantitative estimate of drug-likeness (QED) is 0.456. The molecule has 0 atom stereocenters. The van der Waals surface area contributed by atoms with Gasteiger partial charge in [0.15, 0.2) is 0 Å². The van der Waals surface area contributed by atoms with Crippen LogP contribution in [0.15, 0.2) is 48.1 Å². The van der Waals surface area contributed by atoms with E-state index in [1.165, 1.54) is 6.08 Å². The molecule has 0 unspecified atom stereocenters. The van der Waals surface area contributed by atoms with Gasteiger partial charge in [0.1, 0.15) is 5.60 Å². The lowest BCUT2D eigenvalue weighted by molar-refractivity contribution is -0.148. The zero-order chi connectivity index (χ0) is 13.6. The Kier molecular flexibility index (Phi) is 4.90. The average molecular weight is 244 g/mol. The first-order chi connectivity index (χ1) is 8.37. The Labute approximate surface area is 109 Å². The van der Waals surface area contributed by atoms with E-state index in [-0.39, 0.29) is 5.97 Å². The van der Waals surface area contributed by atoms with Gasteiger partial charge in [0.25, 0.3) is 0 Å². The molecule has 0 aliphatic heterocycles. The average Bonchev–Trinajstić information content (AvgIpc) is 2.25. The van der Waals surface area contributed by atoms with Crippen LogP contribution in [0, 0.1) is 0 Å². The molecule has 0 bridgehead atoms. The molecule has 0 saturated heterocycles. The first-order valence-corrected chi connectivity index (χ1v) is 6.01. The zero-order valence-electron chi connectivity index (χ0n) is 11.4. The predicted molar refractivity (Wildman–Crippen MR) is 75.1 cm³/mol. The molecule has 0 fully saturated rings. The standard InChI is InChI=1S/C16H20O2/c1-13(12-15(17)18-16(2,3)4)10-11-14-8-6-5-7-9-14/h5-12H,1-4H3/b11-10+,13-12+. The Hall–Kier alpha value is -1.83. The summed E-state index contributed by atoms with van der Waals surface area (Å²) in [5, 5.41) is 0. The third-order valence-corrected chi connectivity index (χ3v) is 2.09. The lowest BCUT2D eigenvalue weighted by Crippen LogP contribution is -2.22. The highest BCUT2D eigenvalue weighted by atomic mass is 16.6. The van der Waals surface area contributed by atoms with Gasteiger partial charge in [-0.2, -0.15) is 0 Å². The SMILES string of the molecule is CC(/C=C/c1ccccc1)=C\C(=O)OC(C)(C)C. The number of benzene rings is 1. The van der Waals surface area contributed by atoms with E-state index in [9.17, 15) is 4.79 Å². The summed E-state index contributed by atoms with van der Waals surface area (Å²) in [5.41, 5.74) is 1.53. The summed E-state index contributed by atoms with van der Waals surface area (Å²) in [4.78, 5) is 11.5. The van der Waals surface area contributed by atoms with E-state index >= 15 is 0 Å². The van der Waals surface area contributed by atoms with E-state index in [0.717, 1.165) is 11.1 Å². The summed E-state index contributed by atoms with van der Waals surface area (Å²) < 4.78 is 5.21. The van der Waals surface area contributed by atoms with Crippen LogP contribution in [0.5, 0.6) is 0 Å². The maximum atomic E-state index is 11.5. The molecular weight excluding hydrogens is 224 g/mol. The molecule has 0 spiro atoms. The van der Waals surface area contributed by atoms with Gasteiger partial charge in [0, 0.05) is 6.08 Å². The minimum absolute atomic E-state index is 0.308. The normalized spacial score (nSPS) is 12.8. The first kappa shape index (κ1) is 14.2. The Morgan fingerprint density at radius 2 is 1.78 bits per heavy atom. The minimum atomic E-state index is -0.447. The third-order valence-electron chi connectivity index (χ3n) is 2.09. The molecule has 18 heavy (non-hydrogen) atoms. The van der Waals surface area contributed by atoms with Gasteiger partial charge in [-0.1, -0.05) is 42.5 Å². The summed E-state index contributed by atoms with van der Waals surface area (Å²) in [6.07, 6.45) is 5.38. The second kappa shape index (κ2) is 6.20. The molecule has 1 aromatic carbocycles. The van der Waals surface area contributed by atoms with Gasteiger partial charge in [-0.05, 0) is 38.8 Å². The molecule has 0 saturated carbocycles. The lowest BCUT2D eigenvalue weighted by Gasteiger charge is -2.18. The number of carbonyl (C=O) groups is 1. The van der Waals surface area contributed by atoms with Crippen LogP contribution >= 0.6 is 0 Å². The number of hydrogen-bond donors (Lipinski definition) is 0. The molecule has 1 aromatic rings. The third kappa shape index (κ3) is 6.04. The molecule has 2 heteroatoms. The molecule has 0 aromatic heterocycles. The van der Waals surface area contributed by atoms with Crippen molar-refractivity contribution in [1.82, 2.24) is 0 Å². The van der Waals surface area contributed by atoms with Crippen LogP contribution in [0.25, 0.3) is 6.08 Å². The summed E-state index contributed by atoms with van der Waals surface area (Å²) in [6.45, 7) is 7.44. The van der Waals surface area contributed by atoms with Gasteiger partial charge >= 0.3 is 5.97 Å². The number of ether oxygens (including phenoxy) is 1. The molecule has 0 amide bonds. The van der Waals surface area contributed by atoms with Crippen LogP contribution in [0.3, 0.4) is 0 Å². The van der Waals surface area contributed by atoms with Crippen molar-refractivity contribution >= 4 is 12.0 Å². The van der Waals surface area contributed by atoms with E-state index in [2.05, 4.69) is 0 Å². The van der Waals surface area contributed by atoms with Crippen molar-refractivity contribution < 1.29 is 9.53 Å². The fourth-order valence-electron chi connectivity index (χ4n) is 1.36. The predicted octanol–water partition coefficient (Wildman–Crippen LogP) is 3.99. The molecule has 96 valence electrons. The van der Waals surface area contributed by atoms with Gasteiger partial charge in [-0.15, -0.1) is 0 Å². The van der Waals surface area contributed by atoms with Crippen LogP contribution < -0.4 is 0 Å². The molecule has 2 nitrogen and oxygen atoms in total. The highest BCUT2D eigenvalue weighted by molar-refractivity contribution is 5.83. The first-order valence-electron chi connectivity index (χ1n) is 6.01. The summed E-state index contributed by atoms with van der Waals surface area (Å²) in [6, 6.07) is 9.95. The van der Waals surface area contributed by atoms with Crippen LogP contribution in [0.2, 0.25) is 0 Å². The Morgan fingerprint density at radius 3 is 2.33 bits per heavy atom. The van der Waals surface area contributed by atoms with Crippen LogP contribution in [-0.4, -0.2) is 11.6 Å². The highest BCUT2D eigenvalue weighted by Gasteiger charge is 2.14. The second-order valence-corrected chi connectivity index (χ2v) is 5.17. The highest BCUT2D eigenvalue weighted by Crippen LogP contribution is 2.09. The second-order valence-electron chi connectivity index (χ2n) is 5.17. The summed E-state index contributed by atoms with van der Waals surface area (Å²) >= 11 is 0. The van der Waals surface area contributed by atoms with Crippen LogP contribution in [-0.2, 0) is 9.53 Å². The lowest BCUT2D eigenvalue weighted by atomic mass is 10.1. The minimum Gasteiger partial charge on any atom is -0.457 e. The molecule has 1 rings (SSSR count). The largest absolute Gasteiger partial charge is 0.457 e. The van der Waals surface area contributed by atoms with E-state index < -0.39 is 5.60 Å². The Balaban J connectivity index is 2.63.